The van der Waals surface area contributed by atoms with E-state index >= 15 is 0 Å². The van der Waals surface area contributed by atoms with Gasteiger partial charge in [0.1, 0.15) is 5.54 Å². The summed E-state index contributed by atoms with van der Waals surface area (Å²) in [5.74, 6) is 0.817. The number of nitrogens with zero attached hydrogens (tertiary/aromatic N) is 1. The topological polar surface area (TPSA) is 41.6 Å². The summed E-state index contributed by atoms with van der Waals surface area (Å²) >= 11 is 0. The van der Waals surface area contributed by atoms with E-state index in [9.17, 15) is 4.79 Å². The minimum atomic E-state index is -0.502. The number of hydrogen-bond donors (Lipinski definition) is 1. The van der Waals surface area contributed by atoms with Crippen LogP contribution in [0, 0.1) is 5.92 Å². The molecule has 0 radical (unpaired) electrons. The van der Waals surface area contributed by atoms with Gasteiger partial charge in [0.05, 0.1) is 7.11 Å². The molecule has 4 heteroatoms. The standard InChI is InChI=1S/C17H32N2O2/c1-4-14-8-12-19(13-9-14)11-5-10-17(2,16(20)21-3)18-15-6-7-15/h14-15,18H,4-13H2,1-3H3. The third kappa shape index (κ3) is 4.96. The van der Waals surface area contributed by atoms with Crippen molar-refractivity contribution in [3.05, 3.63) is 0 Å². The third-order valence-corrected chi connectivity index (χ3v) is 5.17. The van der Waals surface area contributed by atoms with E-state index in [2.05, 4.69) is 17.1 Å². The van der Waals surface area contributed by atoms with Crippen molar-refractivity contribution in [2.45, 2.75) is 70.4 Å². The van der Waals surface area contributed by atoms with Crippen molar-refractivity contribution in [2.75, 3.05) is 26.7 Å². The SMILES string of the molecule is CCC1CCN(CCCC(C)(NC2CC2)C(=O)OC)CC1. The zero-order valence-electron chi connectivity index (χ0n) is 14.0. The average molecular weight is 296 g/mol. The van der Waals surface area contributed by atoms with Crippen LogP contribution in [0.25, 0.3) is 0 Å². The van der Waals surface area contributed by atoms with E-state index in [4.69, 9.17) is 4.74 Å². The maximum atomic E-state index is 12.1. The highest BCUT2D eigenvalue weighted by Crippen LogP contribution is 2.26. The summed E-state index contributed by atoms with van der Waals surface area (Å²) in [6.45, 7) is 7.86. The number of likely N-dealkylation sites (tertiary alicyclic amines) is 1. The molecule has 2 fully saturated rings. The number of esters is 1. The third-order valence-electron chi connectivity index (χ3n) is 5.17. The van der Waals surface area contributed by atoms with Crippen molar-refractivity contribution >= 4 is 5.97 Å². The number of rotatable bonds is 8. The molecule has 1 atom stereocenters. The first kappa shape index (κ1) is 16.8. The second-order valence-corrected chi connectivity index (χ2v) is 7.04. The Kier molecular flexibility index (Phi) is 6.06. The molecule has 1 N–H and O–H groups in total. The number of ether oxygens (including phenoxy) is 1. The minimum Gasteiger partial charge on any atom is -0.468 e. The van der Waals surface area contributed by atoms with Crippen LogP contribution in [0.15, 0.2) is 0 Å². The fourth-order valence-electron chi connectivity index (χ4n) is 3.41. The first-order chi connectivity index (χ1) is 10.1. The first-order valence-corrected chi connectivity index (χ1v) is 8.66. The van der Waals surface area contributed by atoms with Gasteiger partial charge < -0.3 is 9.64 Å². The molecule has 0 aromatic carbocycles. The van der Waals surface area contributed by atoms with E-state index in [1.165, 1.54) is 52.3 Å². The maximum Gasteiger partial charge on any atom is 0.325 e. The number of hydrogen-bond acceptors (Lipinski definition) is 4. The molecule has 2 aliphatic rings. The summed E-state index contributed by atoms with van der Waals surface area (Å²) in [5, 5.41) is 3.48. The molecule has 1 saturated heterocycles. The second-order valence-electron chi connectivity index (χ2n) is 7.04. The average Bonchev–Trinajstić information content (AvgIpc) is 3.30. The van der Waals surface area contributed by atoms with Gasteiger partial charge in [-0.2, -0.15) is 0 Å². The van der Waals surface area contributed by atoms with Gasteiger partial charge in [0, 0.05) is 6.04 Å². The molecule has 0 amide bonds. The second kappa shape index (κ2) is 7.59. The molecule has 1 unspecified atom stereocenters. The summed E-state index contributed by atoms with van der Waals surface area (Å²) < 4.78 is 5.00. The summed E-state index contributed by atoms with van der Waals surface area (Å²) in [5.41, 5.74) is -0.502. The predicted octanol–water partition coefficient (Wildman–Crippen LogP) is 2.57. The lowest BCUT2D eigenvalue weighted by atomic mass is 9.93. The first-order valence-electron chi connectivity index (χ1n) is 8.66. The van der Waals surface area contributed by atoms with E-state index in [0.29, 0.717) is 6.04 Å². The number of carbonyl (C=O) groups excluding carboxylic acids is 1. The molecule has 1 saturated carbocycles. The van der Waals surface area contributed by atoms with Crippen LogP contribution in [0.4, 0.5) is 0 Å². The van der Waals surface area contributed by atoms with Gasteiger partial charge in [0.15, 0.2) is 0 Å². The highest BCUT2D eigenvalue weighted by atomic mass is 16.5. The molecule has 0 aromatic rings. The van der Waals surface area contributed by atoms with Crippen LogP contribution in [0.1, 0.15) is 58.8 Å². The Balaban J connectivity index is 1.73. The molecule has 0 aromatic heterocycles. The molecule has 1 heterocycles. The van der Waals surface area contributed by atoms with Gasteiger partial charge in [0.25, 0.3) is 0 Å². The Morgan fingerprint density at radius 1 is 1.29 bits per heavy atom. The van der Waals surface area contributed by atoms with Crippen LogP contribution in [0.5, 0.6) is 0 Å². The number of methoxy groups -OCH3 is 1. The Morgan fingerprint density at radius 3 is 2.48 bits per heavy atom. The van der Waals surface area contributed by atoms with Gasteiger partial charge >= 0.3 is 5.97 Å². The van der Waals surface area contributed by atoms with E-state index in [-0.39, 0.29) is 5.97 Å². The van der Waals surface area contributed by atoms with Crippen molar-refractivity contribution in [3.8, 4) is 0 Å². The van der Waals surface area contributed by atoms with Crippen LogP contribution in [-0.2, 0) is 9.53 Å². The van der Waals surface area contributed by atoms with Gasteiger partial charge in [-0.15, -0.1) is 0 Å². The van der Waals surface area contributed by atoms with E-state index in [1.807, 2.05) is 6.92 Å². The molecule has 4 nitrogen and oxygen atoms in total. The highest BCUT2D eigenvalue weighted by Gasteiger charge is 2.38. The quantitative estimate of drug-likeness (QED) is 0.699. The lowest BCUT2D eigenvalue weighted by Crippen LogP contribution is -2.51. The highest BCUT2D eigenvalue weighted by molar-refractivity contribution is 5.80. The number of piperidine rings is 1. The summed E-state index contributed by atoms with van der Waals surface area (Å²) in [6, 6.07) is 0.523. The molecule has 2 rings (SSSR count). The normalized spacial score (nSPS) is 23.8. The Bertz CT molecular complexity index is 336. The van der Waals surface area contributed by atoms with Crippen LogP contribution in [0.3, 0.4) is 0 Å². The monoisotopic (exact) mass is 296 g/mol. The molecule has 0 bridgehead atoms. The van der Waals surface area contributed by atoms with Gasteiger partial charge in [-0.3, -0.25) is 10.1 Å². The molecule has 21 heavy (non-hydrogen) atoms. The van der Waals surface area contributed by atoms with Crippen molar-refractivity contribution < 1.29 is 9.53 Å². The Hall–Kier alpha value is -0.610. The van der Waals surface area contributed by atoms with Gasteiger partial charge in [-0.1, -0.05) is 13.3 Å². The Morgan fingerprint density at radius 2 is 1.95 bits per heavy atom. The number of nitrogens with one attached hydrogen (secondary N) is 1. The van der Waals surface area contributed by atoms with Crippen LogP contribution in [0.2, 0.25) is 0 Å². The molecular weight excluding hydrogens is 264 g/mol. The smallest absolute Gasteiger partial charge is 0.325 e. The molecule has 0 spiro atoms. The number of carbonyl (C=O) groups is 1. The van der Waals surface area contributed by atoms with Crippen LogP contribution < -0.4 is 5.32 Å². The predicted molar refractivity (Wildman–Crippen MR) is 85.3 cm³/mol. The van der Waals surface area contributed by atoms with Crippen LogP contribution >= 0.6 is 0 Å². The van der Waals surface area contributed by atoms with E-state index in [0.717, 1.165) is 25.3 Å². The molecule has 1 aliphatic heterocycles. The largest absolute Gasteiger partial charge is 0.468 e. The van der Waals surface area contributed by atoms with Crippen LogP contribution in [-0.4, -0.2) is 49.2 Å². The van der Waals surface area contributed by atoms with E-state index < -0.39 is 5.54 Å². The summed E-state index contributed by atoms with van der Waals surface area (Å²) in [7, 11) is 1.49. The zero-order chi connectivity index (χ0) is 15.3. The van der Waals surface area contributed by atoms with Crippen molar-refractivity contribution in [2.24, 2.45) is 5.92 Å². The van der Waals surface area contributed by atoms with E-state index in [1.54, 1.807) is 0 Å². The van der Waals surface area contributed by atoms with Crippen molar-refractivity contribution in [1.29, 1.82) is 0 Å². The minimum absolute atomic E-state index is 0.112. The van der Waals surface area contributed by atoms with Gasteiger partial charge in [0.2, 0.25) is 0 Å². The molecule has 1 aliphatic carbocycles. The lowest BCUT2D eigenvalue weighted by Gasteiger charge is -2.33. The molecule has 122 valence electrons. The van der Waals surface area contributed by atoms with Crippen molar-refractivity contribution in [1.82, 2.24) is 10.2 Å². The molecular formula is C17H32N2O2. The zero-order valence-corrected chi connectivity index (χ0v) is 14.0. The Labute approximate surface area is 129 Å². The maximum absolute atomic E-state index is 12.1. The summed E-state index contributed by atoms with van der Waals surface area (Å²) in [6.07, 6.45) is 8.30. The summed E-state index contributed by atoms with van der Waals surface area (Å²) in [4.78, 5) is 14.6. The fraction of sp³-hybridized carbons (Fsp3) is 0.941. The lowest BCUT2D eigenvalue weighted by molar-refractivity contribution is -0.148. The van der Waals surface area contributed by atoms with Crippen molar-refractivity contribution in [3.63, 3.8) is 0 Å². The van der Waals surface area contributed by atoms with Gasteiger partial charge in [-0.05, 0) is 71.0 Å². The van der Waals surface area contributed by atoms with Gasteiger partial charge in [-0.25, -0.2) is 0 Å². The fourth-order valence-corrected chi connectivity index (χ4v) is 3.41.